The van der Waals surface area contributed by atoms with Crippen LogP contribution in [0, 0.1) is 13.8 Å². The van der Waals surface area contributed by atoms with E-state index in [1.165, 1.54) is 16.5 Å². The fraction of sp³-hybridized carbons (Fsp3) is 0.370. The van der Waals surface area contributed by atoms with Crippen molar-refractivity contribution in [3.63, 3.8) is 0 Å². The van der Waals surface area contributed by atoms with Crippen molar-refractivity contribution in [2.45, 2.75) is 53.0 Å². The predicted molar refractivity (Wildman–Crippen MR) is 134 cm³/mol. The first kappa shape index (κ1) is 25.0. The number of nitrogens with one attached hydrogen (secondary N) is 2. The third-order valence-electron chi connectivity index (χ3n) is 5.82. The number of fused-ring (bicyclic) bond motifs is 1. The Labute approximate surface area is 201 Å². The Morgan fingerprint density at radius 2 is 1.82 bits per heavy atom. The van der Waals surface area contributed by atoms with Crippen LogP contribution in [0.4, 0.5) is 11.4 Å². The van der Waals surface area contributed by atoms with Crippen LogP contribution in [0.2, 0.25) is 0 Å². The number of benzene rings is 2. The molecule has 0 radical (unpaired) electrons. The fourth-order valence-electron chi connectivity index (χ4n) is 3.87. The van der Waals surface area contributed by atoms with E-state index >= 15 is 0 Å². The predicted octanol–water partition coefficient (Wildman–Crippen LogP) is 4.04. The quantitative estimate of drug-likeness (QED) is 0.548. The molecule has 0 saturated heterocycles. The van der Waals surface area contributed by atoms with Crippen LogP contribution < -0.4 is 15.5 Å². The Kier molecular flexibility index (Phi) is 8.46. The number of carbonyl (C=O) groups excluding carboxylic acids is 3. The lowest BCUT2D eigenvalue weighted by molar-refractivity contribution is -0.142. The highest BCUT2D eigenvalue weighted by Crippen LogP contribution is 2.33. The standard InChI is InChI=1S/C27H33N3O4/c1-5-34-27(33)16-22-15-26(32)30(24-14-19(3)18(2)13-23(24)29-22)17-25(31)28-20(4)11-12-21-9-7-6-8-10-21/h6-10,13-15,20,29H,5,11-12,16-17H2,1-4H3,(H,28,31)/t20-/m0/s1. The Morgan fingerprint density at radius 3 is 2.53 bits per heavy atom. The van der Waals surface area contributed by atoms with Gasteiger partial charge in [-0.05, 0) is 69.4 Å². The smallest absolute Gasteiger partial charge is 0.311 e. The Bertz CT molecular complexity index is 1080. The number of anilines is 2. The number of nitrogens with zero attached hydrogens (tertiary/aromatic N) is 1. The minimum absolute atomic E-state index is 0.0398. The molecule has 2 aromatic rings. The van der Waals surface area contributed by atoms with Gasteiger partial charge in [-0.25, -0.2) is 0 Å². The molecule has 1 aliphatic heterocycles. The second kappa shape index (κ2) is 11.5. The lowest BCUT2D eigenvalue weighted by atomic mass is 10.1. The largest absolute Gasteiger partial charge is 0.466 e. The van der Waals surface area contributed by atoms with Crippen molar-refractivity contribution in [2.75, 3.05) is 23.4 Å². The Hall–Kier alpha value is -3.61. The van der Waals surface area contributed by atoms with Gasteiger partial charge in [0, 0.05) is 17.8 Å². The van der Waals surface area contributed by atoms with Crippen molar-refractivity contribution in [1.82, 2.24) is 5.32 Å². The average Bonchev–Trinajstić information content (AvgIpc) is 2.90. The summed E-state index contributed by atoms with van der Waals surface area (Å²) in [4.78, 5) is 39.5. The molecule has 2 aromatic carbocycles. The molecule has 180 valence electrons. The third kappa shape index (κ3) is 6.70. The summed E-state index contributed by atoms with van der Waals surface area (Å²) in [6.45, 7) is 7.79. The van der Waals surface area contributed by atoms with Crippen LogP contribution in [0.25, 0.3) is 0 Å². The summed E-state index contributed by atoms with van der Waals surface area (Å²) >= 11 is 0. The highest BCUT2D eigenvalue weighted by atomic mass is 16.5. The van der Waals surface area contributed by atoms with E-state index in [9.17, 15) is 14.4 Å². The molecule has 2 amide bonds. The van der Waals surface area contributed by atoms with Crippen LogP contribution >= 0.6 is 0 Å². The second-order valence-electron chi connectivity index (χ2n) is 8.65. The van der Waals surface area contributed by atoms with Gasteiger partial charge in [-0.15, -0.1) is 0 Å². The average molecular weight is 464 g/mol. The molecule has 34 heavy (non-hydrogen) atoms. The number of esters is 1. The number of rotatable bonds is 9. The molecule has 0 unspecified atom stereocenters. The number of hydrogen-bond donors (Lipinski definition) is 2. The van der Waals surface area contributed by atoms with Gasteiger partial charge in [0.15, 0.2) is 0 Å². The van der Waals surface area contributed by atoms with Gasteiger partial charge in [0.25, 0.3) is 5.91 Å². The summed E-state index contributed by atoms with van der Waals surface area (Å²) in [7, 11) is 0. The maximum Gasteiger partial charge on any atom is 0.311 e. The van der Waals surface area contributed by atoms with Crippen molar-refractivity contribution in [2.24, 2.45) is 0 Å². The van der Waals surface area contributed by atoms with Crippen molar-refractivity contribution in [1.29, 1.82) is 0 Å². The first-order chi connectivity index (χ1) is 16.3. The van der Waals surface area contributed by atoms with Gasteiger partial charge in [0.1, 0.15) is 6.54 Å². The van der Waals surface area contributed by atoms with Crippen LogP contribution in [-0.2, 0) is 25.5 Å². The van der Waals surface area contributed by atoms with Crippen LogP contribution in [0.1, 0.15) is 43.4 Å². The molecule has 7 nitrogen and oxygen atoms in total. The van der Waals surface area contributed by atoms with Gasteiger partial charge in [0.2, 0.25) is 5.91 Å². The molecule has 1 atom stereocenters. The number of ether oxygens (including phenoxy) is 1. The normalized spacial score (nSPS) is 13.8. The molecule has 0 bridgehead atoms. The second-order valence-corrected chi connectivity index (χ2v) is 8.65. The van der Waals surface area contributed by atoms with Gasteiger partial charge in [-0.3, -0.25) is 19.3 Å². The van der Waals surface area contributed by atoms with Crippen LogP contribution in [0.5, 0.6) is 0 Å². The van der Waals surface area contributed by atoms with E-state index in [4.69, 9.17) is 4.74 Å². The molecule has 0 spiro atoms. The minimum Gasteiger partial charge on any atom is -0.466 e. The van der Waals surface area contributed by atoms with Gasteiger partial charge in [0.05, 0.1) is 24.4 Å². The third-order valence-corrected chi connectivity index (χ3v) is 5.82. The molecule has 0 saturated carbocycles. The van der Waals surface area contributed by atoms with E-state index in [1.807, 2.05) is 51.1 Å². The topological polar surface area (TPSA) is 87.7 Å². The molecular weight excluding hydrogens is 430 g/mol. The van der Waals surface area contributed by atoms with Crippen molar-refractivity contribution in [3.8, 4) is 0 Å². The van der Waals surface area contributed by atoms with Crippen LogP contribution in [0.3, 0.4) is 0 Å². The molecular formula is C27H33N3O4. The van der Waals surface area contributed by atoms with Gasteiger partial charge in [-0.1, -0.05) is 30.3 Å². The van der Waals surface area contributed by atoms with Crippen molar-refractivity contribution >= 4 is 29.2 Å². The maximum absolute atomic E-state index is 13.1. The summed E-state index contributed by atoms with van der Waals surface area (Å²) < 4.78 is 5.03. The first-order valence-electron chi connectivity index (χ1n) is 11.7. The van der Waals surface area contributed by atoms with Crippen molar-refractivity contribution in [3.05, 3.63) is 70.9 Å². The SMILES string of the molecule is CCOC(=O)CC1=CC(=O)N(CC(=O)N[C@@H](C)CCc2ccccc2)c2cc(C)c(C)cc2N1. The van der Waals surface area contributed by atoms with E-state index in [2.05, 4.69) is 22.8 Å². The first-order valence-corrected chi connectivity index (χ1v) is 11.7. The van der Waals surface area contributed by atoms with E-state index in [-0.39, 0.29) is 37.4 Å². The lowest BCUT2D eigenvalue weighted by Crippen LogP contribution is -2.43. The molecule has 7 heteroatoms. The summed E-state index contributed by atoms with van der Waals surface area (Å²) in [5, 5.41) is 6.20. The highest BCUT2D eigenvalue weighted by Gasteiger charge is 2.26. The Balaban J connectivity index is 1.74. The van der Waals surface area contributed by atoms with Crippen LogP contribution in [-0.4, -0.2) is 37.0 Å². The molecule has 2 N–H and O–H groups in total. The van der Waals surface area contributed by atoms with Gasteiger partial charge < -0.3 is 15.4 Å². The minimum atomic E-state index is -0.419. The zero-order valence-electron chi connectivity index (χ0n) is 20.3. The maximum atomic E-state index is 13.1. The molecule has 1 aliphatic rings. The molecule has 0 fully saturated rings. The fourth-order valence-corrected chi connectivity index (χ4v) is 3.87. The lowest BCUT2D eigenvalue weighted by Gasteiger charge is -2.24. The number of aryl methyl sites for hydroxylation is 3. The van der Waals surface area contributed by atoms with Gasteiger partial charge in [-0.2, -0.15) is 0 Å². The zero-order valence-corrected chi connectivity index (χ0v) is 20.3. The number of amides is 2. The molecule has 0 aliphatic carbocycles. The zero-order chi connectivity index (χ0) is 24.7. The van der Waals surface area contributed by atoms with Gasteiger partial charge >= 0.3 is 5.97 Å². The number of carbonyl (C=O) groups is 3. The Morgan fingerprint density at radius 1 is 1.12 bits per heavy atom. The highest BCUT2D eigenvalue weighted by molar-refractivity contribution is 6.09. The van der Waals surface area contributed by atoms with E-state index in [1.54, 1.807) is 6.92 Å². The summed E-state index contributed by atoms with van der Waals surface area (Å²) in [6, 6.07) is 13.9. The van der Waals surface area contributed by atoms with Crippen LogP contribution in [0.15, 0.2) is 54.2 Å². The summed E-state index contributed by atoms with van der Waals surface area (Å²) in [6.07, 6.45) is 2.97. The molecule has 3 rings (SSSR count). The molecule has 1 heterocycles. The van der Waals surface area contributed by atoms with E-state index < -0.39 is 5.97 Å². The number of hydrogen-bond acceptors (Lipinski definition) is 5. The molecule has 0 aromatic heterocycles. The monoisotopic (exact) mass is 463 g/mol. The summed E-state index contributed by atoms with van der Waals surface area (Å²) in [5.74, 6) is -1.01. The summed E-state index contributed by atoms with van der Waals surface area (Å²) in [5.41, 5.74) is 4.98. The van der Waals surface area contributed by atoms with E-state index in [0.29, 0.717) is 17.1 Å². The van der Waals surface area contributed by atoms with Crippen molar-refractivity contribution < 1.29 is 19.1 Å². The van der Waals surface area contributed by atoms with E-state index in [0.717, 1.165) is 24.0 Å².